The zero-order valence-corrected chi connectivity index (χ0v) is 10.1. The zero-order valence-electron chi connectivity index (χ0n) is 8.53. The van der Waals surface area contributed by atoms with Crippen LogP contribution in [0.15, 0.2) is 22.7 Å². The van der Waals surface area contributed by atoms with Gasteiger partial charge < -0.3 is 10.6 Å². The van der Waals surface area contributed by atoms with Crippen molar-refractivity contribution in [2.75, 3.05) is 11.4 Å². The summed E-state index contributed by atoms with van der Waals surface area (Å²) in [5, 5.41) is 0. The fourth-order valence-electron chi connectivity index (χ4n) is 1.81. The Hall–Kier alpha value is -0.870. The third kappa shape index (κ3) is 1.92. The monoisotopic (exact) mass is 268 g/mol. The molecule has 1 atom stereocenters. The third-order valence-electron chi connectivity index (χ3n) is 2.62. The van der Waals surface area contributed by atoms with Gasteiger partial charge in [0.25, 0.3) is 0 Å². The van der Waals surface area contributed by atoms with E-state index in [0.717, 1.165) is 15.7 Å². The number of hydrogen-bond donors (Lipinski definition) is 1. The van der Waals surface area contributed by atoms with Crippen LogP contribution >= 0.6 is 15.9 Å². The van der Waals surface area contributed by atoms with E-state index in [1.165, 1.54) is 0 Å². The van der Waals surface area contributed by atoms with Gasteiger partial charge in [-0.2, -0.15) is 0 Å². The highest BCUT2D eigenvalue weighted by molar-refractivity contribution is 9.10. The lowest BCUT2D eigenvalue weighted by Crippen LogP contribution is -2.28. The van der Waals surface area contributed by atoms with Gasteiger partial charge in [-0.1, -0.05) is 12.1 Å². The number of hydrogen-bond acceptors (Lipinski definition) is 2. The lowest BCUT2D eigenvalue weighted by Gasteiger charge is -2.18. The molecule has 3 nitrogen and oxygen atoms in total. The summed E-state index contributed by atoms with van der Waals surface area (Å²) in [4.78, 5) is 13.4. The minimum Gasteiger partial charge on any atom is -0.326 e. The maximum absolute atomic E-state index is 11.7. The Bertz CT molecular complexity index is 406. The van der Waals surface area contributed by atoms with E-state index in [9.17, 15) is 4.79 Å². The minimum atomic E-state index is -0.0371. The number of halogens is 1. The van der Waals surface area contributed by atoms with Gasteiger partial charge in [0.2, 0.25) is 5.91 Å². The highest BCUT2D eigenvalue weighted by Gasteiger charge is 2.29. The van der Waals surface area contributed by atoms with Crippen molar-refractivity contribution in [1.29, 1.82) is 0 Å². The number of aryl methyl sites for hydroxylation is 1. The molecule has 0 spiro atoms. The van der Waals surface area contributed by atoms with E-state index in [2.05, 4.69) is 15.9 Å². The van der Waals surface area contributed by atoms with Gasteiger partial charge in [-0.3, -0.25) is 4.79 Å². The summed E-state index contributed by atoms with van der Waals surface area (Å²) in [6.07, 6.45) is 0.445. The van der Waals surface area contributed by atoms with E-state index in [0.29, 0.717) is 13.0 Å². The molecule has 1 aromatic rings. The smallest absolute Gasteiger partial charge is 0.228 e. The number of rotatable bonds is 1. The second-order valence-electron chi connectivity index (χ2n) is 3.88. The van der Waals surface area contributed by atoms with E-state index in [4.69, 9.17) is 5.73 Å². The molecule has 1 amide bonds. The molecule has 15 heavy (non-hydrogen) atoms. The molecule has 1 aliphatic rings. The molecule has 80 valence electrons. The minimum absolute atomic E-state index is 0.0371. The average molecular weight is 269 g/mol. The Morgan fingerprint density at radius 1 is 1.53 bits per heavy atom. The molecule has 2 N–H and O–H groups in total. The fraction of sp³-hybridized carbons (Fsp3) is 0.364. The van der Waals surface area contributed by atoms with Crippen LogP contribution in [0.5, 0.6) is 0 Å². The molecule has 0 aliphatic carbocycles. The standard InChI is InChI=1S/C11H13BrN2O/c1-7-3-2-4-9(11(7)12)14-6-8(13)5-10(14)15/h2-4,8H,5-6,13H2,1H3. The quantitative estimate of drug-likeness (QED) is 0.845. The number of carbonyl (C=O) groups excluding carboxylic acids is 1. The Morgan fingerprint density at radius 3 is 2.87 bits per heavy atom. The Kier molecular flexibility index (Phi) is 2.80. The van der Waals surface area contributed by atoms with E-state index < -0.39 is 0 Å². The summed E-state index contributed by atoms with van der Waals surface area (Å²) in [6.45, 7) is 2.62. The number of nitrogens with two attached hydrogens (primary N) is 1. The largest absolute Gasteiger partial charge is 0.326 e. The first-order valence-electron chi connectivity index (χ1n) is 4.90. The van der Waals surface area contributed by atoms with Crippen LogP contribution < -0.4 is 10.6 Å². The van der Waals surface area contributed by atoms with Gasteiger partial charge in [0.05, 0.1) is 5.69 Å². The first kappa shape index (κ1) is 10.6. The van der Waals surface area contributed by atoms with E-state index in [1.807, 2.05) is 25.1 Å². The molecule has 1 heterocycles. The molecule has 0 aromatic heterocycles. The summed E-state index contributed by atoms with van der Waals surface area (Å²) in [5.74, 6) is 0.105. The fourth-order valence-corrected chi connectivity index (χ4v) is 2.29. The topological polar surface area (TPSA) is 46.3 Å². The maximum Gasteiger partial charge on any atom is 0.228 e. The van der Waals surface area contributed by atoms with Gasteiger partial charge in [-0.05, 0) is 34.5 Å². The zero-order chi connectivity index (χ0) is 11.0. The molecule has 1 saturated heterocycles. The van der Waals surface area contributed by atoms with Gasteiger partial charge >= 0.3 is 0 Å². The first-order valence-corrected chi connectivity index (χ1v) is 5.70. The van der Waals surface area contributed by atoms with Crippen LogP contribution in [-0.4, -0.2) is 18.5 Å². The summed E-state index contributed by atoms with van der Waals surface area (Å²) >= 11 is 3.50. The molecule has 1 aromatic carbocycles. The summed E-state index contributed by atoms with van der Waals surface area (Å²) in [5.41, 5.74) is 7.81. The van der Waals surface area contributed by atoms with Gasteiger partial charge in [0.1, 0.15) is 0 Å². The molecule has 1 aliphatic heterocycles. The van der Waals surface area contributed by atoms with Crippen molar-refractivity contribution in [1.82, 2.24) is 0 Å². The van der Waals surface area contributed by atoms with Crippen LogP contribution in [0.4, 0.5) is 5.69 Å². The summed E-state index contributed by atoms with van der Waals surface area (Å²) < 4.78 is 0.979. The molecule has 2 rings (SSSR count). The van der Waals surface area contributed by atoms with Crippen molar-refractivity contribution in [2.24, 2.45) is 5.73 Å². The van der Waals surface area contributed by atoms with Crippen molar-refractivity contribution in [3.63, 3.8) is 0 Å². The lowest BCUT2D eigenvalue weighted by molar-refractivity contribution is -0.117. The molecule has 1 fully saturated rings. The van der Waals surface area contributed by atoms with Crippen molar-refractivity contribution in [3.8, 4) is 0 Å². The summed E-state index contributed by atoms with van der Waals surface area (Å²) in [7, 11) is 0. The number of benzene rings is 1. The van der Waals surface area contributed by atoms with E-state index in [-0.39, 0.29) is 11.9 Å². The Balaban J connectivity index is 2.38. The third-order valence-corrected chi connectivity index (χ3v) is 3.65. The Morgan fingerprint density at radius 2 is 2.27 bits per heavy atom. The SMILES string of the molecule is Cc1cccc(N2CC(N)CC2=O)c1Br. The second kappa shape index (κ2) is 3.94. The predicted molar refractivity (Wildman–Crippen MR) is 63.8 cm³/mol. The summed E-state index contributed by atoms with van der Waals surface area (Å²) in [6, 6.07) is 5.86. The van der Waals surface area contributed by atoms with Crippen LogP contribution in [0.25, 0.3) is 0 Å². The number of carbonyl (C=O) groups is 1. The second-order valence-corrected chi connectivity index (χ2v) is 4.67. The van der Waals surface area contributed by atoms with Crippen LogP contribution in [-0.2, 0) is 4.79 Å². The molecular formula is C11H13BrN2O. The number of amides is 1. The number of anilines is 1. The molecular weight excluding hydrogens is 256 g/mol. The highest BCUT2D eigenvalue weighted by Crippen LogP contribution is 2.31. The van der Waals surface area contributed by atoms with Crippen LogP contribution in [0.3, 0.4) is 0 Å². The molecule has 0 saturated carbocycles. The van der Waals surface area contributed by atoms with Gasteiger partial charge in [-0.15, -0.1) is 0 Å². The first-order chi connectivity index (χ1) is 7.09. The van der Waals surface area contributed by atoms with E-state index in [1.54, 1.807) is 4.90 Å². The van der Waals surface area contributed by atoms with Crippen molar-refractivity contribution in [2.45, 2.75) is 19.4 Å². The van der Waals surface area contributed by atoms with Crippen molar-refractivity contribution in [3.05, 3.63) is 28.2 Å². The Labute approximate surface area is 97.4 Å². The van der Waals surface area contributed by atoms with Gasteiger partial charge in [0.15, 0.2) is 0 Å². The number of nitrogens with zero attached hydrogens (tertiary/aromatic N) is 1. The van der Waals surface area contributed by atoms with Crippen molar-refractivity contribution < 1.29 is 4.79 Å². The lowest BCUT2D eigenvalue weighted by atomic mass is 10.2. The molecule has 1 unspecified atom stereocenters. The highest BCUT2D eigenvalue weighted by atomic mass is 79.9. The normalized spacial score (nSPS) is 21.1. The van der Waals surface area contributed by atoms with Gasteiger partial charge in [-0.25, -0.2) is 0 Å². The molecule has 0 bridgehead atoms. The maximum atomic E-state index is 11.7. The van der Waals surface area contributed by atoms with Crippen LogP contribution in [0, 0.1) is 6.92 Å². The van der Waals surface area contributed by atoms with Gasteiger partial charge in [0, 0.05) is 23.5 Å². The van der Waals surface area contributed by atoms with Crippen molar-refractivity contribution >= 4 is 27.5 Å². The molecule has 4 heteroatoms. The van der Waals surface area contributed by atoms with Crippen LogP contribution in [0.2, 0.25) is 0 Å². The van der Waals surface area contributed by atoms with E-state index >= 15 is 0 Å². The molecule has 0 radical (unpaired) electrons. The van der Waals surface area contributed by atoms with Crippen LogP contribution in [0.1, 0.15) is 12.0 Å². The predicted octanol–water partition coefficient (Wildman–Crippen LogP) is 1.82. The average Bonchev–Trinajstić information content (AvgIpc) is 2.50.